The van der Waals surface area contributed by atoms with Crippen LogP contribution in [-0.4, -0.2) is 10.8 Å². The lowest BCUT2D eigenvalue weighted by molar-refractivity contribution is -0.385. The molecule has 3 rings (SSSR count). The van der Waals surface area contributed by atoms with Crippen molar-refractivity contribution >= 4 is 35.0 Å². The molecule has 0 saturated carbocycles. The first-order chi connectivity index (χ1) is 17.7. The highest BCUT2D eigenvalue weighted by Crippen LogP contribution is 2.39. The van der Waals surface area contributed by atoms with E-state index in [4.69, 9.17) is 16.3 Å². The number of carbonyl (C=O) groups excluding carboxylic acids is 1. The summed E-state index contributed by atoms with van der Waals surface area (Å²) < 4.78 is 83.2. The summed E-state index contributed by atoms with van der Waals surface area (Å²) in [5.74, 6) is -1.90. The van der Waals surface area contributed by atoms with Crippen molar-refractivity contribution < 1.29 is 40.8 Å². The van der Waals surface area contributed by atoms with Crippen LogP contribution in [0, 0.1) is 21.4 Å². The van der Waals surface area contributed by atoms with Gasteiger partial charge in [0.25, 0.3) is 5.91 Å². The van der Waals surface area contributed by atoms with Gasteiger partial charge in [-0.15, -0.1) is 0 Å². The molecule has 196 valence electrons. The SMILES string of the molecule is N#C/C(=C\c1cc(Cl)ccc1Oc1ccc(C(F)(F)F)cc1[N+](=O)[O-])C(=O)Nc1cccc(C(F)(F)F)c1. The molecule has 0 atom stereocenters. The van der Waals surface area contributed by atoms with E-state index in [0.29, 0.717) is 12.1 Å². The third-order valence-electron chi connectivity index (χ3n) is 4.79. The van der Waals surface area contributed by atoms with E-state index in [1.807, 2.05) is 0 Å². The Morgan fingerprint density at radius 3 is 2.21 bits per heavy atom. The molecular weight excluding hydrogens is 544 g/mol. The number of amides is 1. The van der Waals surface area contributed by atoms with Crippen molar-refractivity contribution in [1.82, 2.24) is 0 Å². The summed E-state index contributed by atoms with van der Waals surface area (Å²) in [5, 5.41) is 23.1. The molecule has 0 bridgehead atoms. The van der Waals surface area contributed by atoms with E-state index in [1.165, 1.54) is 24.3 Å². The van der Waals surface area contributed by atoms with Crippen molar-refractivity contribution in [3.8, 4) is 17.6 Å². The van der Waals surface area contributed by atoms with Crippen molar-refractivity contribution in [3.63, 3.8) is 0 Å². The van der Waals surface area contributed by atoms with Crippen molar-refractivity contribution in [2.24, 2.45) is 0 Å². The fourth-order valence-corrected chi connectivity index (χ4v) is 3.22. The maximum atomic E-state index is 13.0. The molecule has 0 radical (unpaired) electrons. The number of benzene rings is 3. The lowest BCUT2D eigenvalue weighted by atomic mass is 10.1. The van der Waals surface area contributed by atoms with E-state index in [9.17, 15) is 46.5 Å². The molecule has 0 aliphatic rings. The van der Waals surface area contributed by atoms with Crippen LogP contribution in [0.2, 0.25) is 5.02 Å². The number of nitro groups is 1. The summed E-state index contributed by atoms with van der Waals surface area (Å²) in [4.78, 5) is 22.9. The van der Waals surface area contributed by atoms with Crippen LogP contribution < -0.4 is 10.1 Å². The first-order valence-electron chi connectivity index (χ1n) is 10.1. The summed E-state index contributed by atoms with van der Waals surface area (Å²) in [6.07, 6.45) is -8.59. The average Bonchev–Trinajstić information content (AvgIpc) is 2.83. The number of carbonyl (C=O) groups is 1. The predicted octanol–water partition coefficient (Wildman–Crippen LogP) is 7.62. The van der Waals surface area contributed by atoms with E-state index in [-0.39, 0.29) is 28.1 Å². The number of hydrogen-bond acceptors (Lipinski definition) is 5. The Morgan fingerprint density at radius 2 is 1.61 bits per heavy atom. The second kappa shape index (κ2) is 10.8. The third kappa shape index (κ3) is 6.80. The lowest BCUT2D eigenvalue weighted by Crippen LogP contribution is -2.14. The number of nitrogens with zero attached hydrogens (tertiary/aromatic N) is 2. The number of nitrogens with one attached hydrogen (secondary N) is 1. The van der Waals surface area contributed by atoms with Gasteiger partial charge in [0, 0.05) is 22.3 Å². The zero-order valence-corrected chi connectivity index (χ0v) is 19.3. The van der Waals surface area contributed by atoms with Crippen LogP contribution in [0.15, 0.2) is 66.2 Å². The van der Waals surface area contributed by atoms with Crippen LogP contribution in [0.5, 0.6) is 11.5 Å². The molecule has 0 aliphatic heterocycles. The maximum absolute atomic E-state index is 13.0. The number of nitriles is 1. The predicted molar refractivity (Wildman–Crippen MR) is 123 cm³/mol. The number of alkyl halides is 6. The summed E-state index contributed by atoms with van der Waals surface area (Å²) in [5.41, 5.74) is -4.28. The number of hydrogen-bond donors (Lipinski definition) is 1. The first kappa shape index (κ1) is 28.0. The zero-order valence-electron chi connectivity index (χ0n) is 18.5. The zero-order chi connectivity index (χ0) is 28.3. The van der Waals surface area contributed by atoms with Crippen LogP contribution in [0.4, 0.5) is 37.7 Å². The Bertz CT molecular complexity index is 1480. The van der Waals surface area contributed by atoms with Crippen LogP contribution in [0.1, 0.15) is 16.7 Å². The second-order valence-corrected chi connectivity index (χ2v) is 7.86. The molecule has 1 amide bonds. The van der Waals surface area contributed by atoms with Gasteiger partial charge in [-0.1, -0.05) is 17.7 Å². The minimum Gasteiger partial charge on any atom is -0.449 e. The van der Waals surface area contributed by atoms with Crippen molar-refractivity contribution in [1.29, 1.82) is 5.26 Å². The van der Waals surface area contributed by atoms with Gasteiger partial charge in [-0.05, 0) is 54.6 Å². The van der Waals surface area contributed by atoms with Gasteiger partial charge in [-0.3, -0.25) is 14.9 Å². The highest BCUT2D eigenvalue weighted by Gasteiger charge is 2.34. The number of nitro benzene ring substituents is 1. The number of rotatable bonds is 6. The van der Waals surface area contributed by atoms with Gasteiger partial charge in [0.05, 0.1) is 16.1 Å². The van der Waals surface area contributed by atoms with Gasteiger partial charge in [0.2, 0.25) is 5.75 Å². The highest BCUT2D eigenvalue weighted by atomic mass is 35.5. The van der Waals surface area contributed by atoms with Gasteiger partial charge < -0.3 is 10.1 Å². The van der Waals surface area contributed by atoms with E-state index < -0.39 is 51.3 Å². The monoisotopic (exact) mass is 555 g/mol. The molecule has 7 nitrogen and oxygen atoms in total. The van der Waals surface area contributed by atoms with Gasteiger partial charge in [-0.25, -0.2) is 0 Å². The van der Waals surface area contributed by atoms with E-state index in [1.54, 1.807) is 6.07 Å². The standard InChI is InChI=1S/C24H12ClF6N3O4/c25-17-5-7-20(38-21-6-4-16(24(29,30)31)11-19(21)34(36)37)13(9-17)8-14(12-32)22(35)33-18-3-1-2-15(10-18)23(26,27)28/h1-11H,(H,33,35)/b14-8+. The van der Waals surface area contributed by atoms with Crippen LogP contribution in [0.3, 0.4) is 0 Å². The molecule has 0 fully saturated rings. The second-order valence-electron chi connectivity index (χ2n) is 7.42. The molecule has 0 aliphatic carbocycles. The van der Waals surface area contributed by atoms with Gasteiger partial charge in [0.1, 0.15) is 17.4 Å². The van der Waals surface area contributed by atoms with Gasteiger partial charge in [0.15, 0.2) is 0 Å². The normalized spacial score (nSPS) is 12.0. The van der Waals surface area contributed by atoms with Crippen LogP contribution in [-0.2, 0) is 17.1 Å². The molecule has 0 unspecified atom stereocenters. The first-order valence-corrected chi connectivity index (χ1v) is 10.5. The molecule has 0 saturated heterocycles. The molecule has 14 heteroatoms. The summed E-state index contributed by atoms with van der Waals surface area (Å²) in [7, 11) is 0. The Kier molecular flexibility index (Phi) is 7.97. The molecule has 38 heavy (non-hydrogen) atoms. The van der Waals surface area contributed by atoms with E-state index >= 15 is 0 Å². The van der Waals surface area contributed by atoms with Crippen molar-refractivity contribution in [2.45, 2.75) is 12.4 Å². The minimum atomic E-state index is -4.86. The highest BCUT2D eigenvalue weighted by molar-refractivity contribution is 6.30. The molecule has 3 aromatic rings. The van der Waals surface area contributed by atoms with E-state index in [0.717, 1.165) is 24.3 Å². The molecular formula is C24H12ClF6N3O4. The summed E-state index contributed by atoms with van der Waals surface area (Å²) in [6.45, 7) is 0. The topological polar surface area (TPSA) is 105 Å². The van der Waals surface area contributed by atoms with Crippen molar-refractivity contribution in [2.75, 3.05) is 5.32 Å². The Morgan fingerprint density at radius 1 is 0.974 bits per heavy atom. The number of ether oxygens (including phenoxy) is 1. The largest absolute Gasteiger partial charge is 0.449 e. The Balaban J connectivity index is 1.97. The Labute approximate surface area is 214 Å². The molecule has 3 aromatic carbocycles. The summed E-state index contributed by atoms with van der Waals surface area (Å²) >= 11 is 5.96. The minimum absolute atomic E-state index is 0.0705. The van der Waals surface area contributed by atoms with Gasteiger partial charge >= 0.3 is 18.0 Å². The molecule has 0 aromatic heterocycles. The van der Waals surface area contributed by atoms with Gasteiger partial charge in [-0.2, -0.15) is 31.6 Å². The fourth-order valence-electron chi connectivity index (χ4n) is 3.04. The molecule has 0 spiro atoms. The molecule has 1 N–H and O–H groups in total. The number of anilines is 1. The maximum Gasteiger partial charge on any atom is 0.416 e. The lowest BCUT2D eigenvalue weighted by Gasteiger charge is -2.12. The van der Waals surface area contributed by atoms with E-state index in [2.05, 4.69) is 5.32 Å². The summed E-state index contributed by atoms with van der Waals surface area (Å²) in [6, 6.07) is 10.5. The fraction of sp³-hybridized carbons (Fsp3) is 0.0833. The molecule has 0 heterocycles. The number of halogens is 7. The third-order valence-corrected chi connectivity index (χ3v) is 5.02. The van der Waals surface area contributed by atoms with Crippen LogP contribution in [0.25, 0.3) is 6.08 Å². The Hall–Kier alpha value is -4.57. The quantitative estimate of drug-likeness (QED) is 0.111. The van der Waals surface area contributed by atoms with Crippen LogP contribution >= 0.6 is 11.6 Å². The smallest absolute Gasteiger partial charge is 0.416 e. The average molecular weight is 556 g/mol. The van der Waals surface area contributed by atoms with Crippen molar-refractivity contribution in [3.05, 3.63) is 98.1 Å².